The van der Waals surface area contributed by atoms with Crippen molar-refractivity contribution in [2.45, 2.75) is 0 Å². The van der Waals surface area contributed by atoms with Gasteiger partial charge in [-0.15, -0.1) is 0 Å². The Morgan fingerprint density at radius 1 is 1.73 bits per heavy atom. The molecule has 0 saturated carbocycles. The van der Waals surface area contributed by atoms with Gasteiger partial charge < -0.3 is 5.11 Å². The molecule has 0 bridgehead atoms. The van der Waals surface area contributed by atoms with Gasteiger partial charge >= 0.3 is 5.69 Å². The van der Waals surface area contributed by atoms with Crippen LogP contribution in [0.1, 0.15) is 0 Å². The summed E-state index contributed by atoms with van der Waals surface area (Å²) in [5.74, 6) is -1.63. The molecule has 5 nitrogen and oxygen atoms in total. The van der Waals surface area contributed by atoms with E-state index in [1.165, 1.54) is 0 Å². The molecule has 0 aliphatic heterocycles. The summed E-state index contributed by atoms with van der Waals surface area (Å²) in [7, 11) is 0. The molecule has 58 valence electrons. The Balaban J connectivity index is 3.23. The van der Waals surface area contributed by atoms with Crippen molar-refractivity contribution < 1.29 is 14.4 Å². The van der Waals surface area contributed by atoms with E-state index in [0.29, 0.717) is 6.07 Å². The number of nitrogens with zero attached hydrogens (tertiary/aromatic N) is 2. The van der Waals surface area contributed by atoms with E-state index in [4.69, 9.17) is 5.11 Å². The Hall–Kier alpha value is -1.72. The first-order valence-corrected chi connectivity index (χ1v) is 2.60. The molecule has 0 aromatic carbocycles. The van der Waals surface area contributed by atoms with E-state index in [1.54, 1.807) is 0 Å². The van der Waals surface area contributed by atoms with Crippen molar-refractivity contribution in [3.8, 4) is 5.75 Å². The van der Waals surface area contributed by atoms with Gasteiger partial charge in [-0.3, -0.25) is 10.1 Å². The number of aromatic nitrogens is 1. The third-order valence-electron chi connectivity index (χ3n) is 1.00. The van der Waals surface area contributed by atoms with E-state index in [9.17, 15) is 14.5 Å². The second-order valence-corrected chi connectivity index (χ2v) is 1.76. The molecular formula is C5H3FN2O3. The zero-order chi connectivity index (χ0) is 8.43. The molecular weight excluding hydrogens is 155 g/mol. The zero-order valence-corrected chi connectivity index (χ0v) is 5.19. The van der Waals surface area contributed by atoms with E-state index in [-0.39, 0.29) is 0 Å². The SMILES string of the molecule is O=[N+]([O-])c1cc(O)cnc1F. The predicted octanol–water partition coefficient (Wildman–Crippen LogP) is 0.834. The number of hydrogen-bond donors (Lipinski definition) is 1. The largest absolute Gasteiger partial charge is 0.506 e. The number of hydrogen-bond acceptors (Lipinski definition) is 4. The predicted molar refractivity (Wildman–Crippen MR) is 32.5 cm³/mol. The maximum atomic E-state index is 12.4. The van der Waals surface area contributed by atoms with Gasteiger partial charge in [0, 0.05) is 0 Å². The summed E-state index contributed by atoms with van der Waals surface area (Å²) >= 11 is 0. The second kappa shape index (κ2) is 2.49. The molecule has 0 spiro atoms. The van der Waals surface area contributed by atoms with Gasteiger partial charge in [0.2, 0.25) is 0 Å². The Morgan fingerprint density at radius 2 is 2.36 bits per heavy atom. The van der Waals surface area contributed by atoms with Crippen LogP contribution in [-0.2, 0) is 0 Å². The second-order valence-electron chi connectivity index (χ2n) is 1.76. The molecule has 0 aliphatic rings. The molecule has 6 heteroatoms. The first-order valence-electron chi connectivity index (χ1n) is 2.60. The van der Waals surface area contributed by atoms with Crippen LogP contribution in [0.25, 0.3) is 0 Å². The lowest BCUT2D eigenvalue weighted by molar-refractivity contribution is -0.388. The van der Waals surface area contributed by atoms with Crippen LogP contribution in [0.2, 0.25) is 0 Å². The van der Waals surface area contributed by atoms with Gasteiger partial charge in [0.15, 0.2) is 0 Å². The third kappa shape index (κ3) is 1.40. The Labute approximate surface area is 60.3 Å². The van der Waals surface area contributed by atoms with Crippen LogP contribution in [0.5, 0.6) is 5.75 Å². The van der Waals surface area contributed by atoms with Gasteiger partial charge in [-0.25, -0.2) is 4.98 Å². The Bertz CT molecular complexity index is 302. The first-order chi connectivity index (χ1) is 5.11. The van der Waals surface area contributed by atoms with Crippen molar-refractivity contribution >= 4 is 5.69 Å². The van der Waals surface area contributed by atoms with Crippen LogP contribution in [0.3, 0.4) is 0 Å². The highest BCUT2D eigenvalue weighted by Crippen LogP contribution is 2.18. The summed E-state index contributed by atoms with van der Waals surface area (Å²) in [6.45, 7) is 0. The summed E-state index contributed by atoms with van der Waals surface area (Å²) in [5.41, 5.74) is -0.829. The van der Waals surface area contributed by atoms with Crippen LogP contribution < -0.4 is 0 Å². The number of pyridine rings is 1. The van der Waals surface area contributed by atoms with Crippen LogP contribution in [0.15, 0.2) is 12.3 Å². The van der Waals surface area contributed by atoms with Crippen LogP contribution in [-0.4, -0.2) is 15.0 Å². The quantitative estimate of drug-likeness (QED) is 0.373. The van der Waals surface area contributed by atoms with Crippen molar-refractivity contribution in [2.24, 2.45) is 0 Å². The summed E-state index contributed by atoms with van der Waals surface area (Å²) in [4.78, 5) is 12.0. The van der Waals surface area contributed by atoms with Gasteiger partial charge in [-0.05, 0) is 0 Å². The maximum Gasteiger partial charge on any atom is 0.327 e. The summed E-state index contributed by atoms with van der Waals surface area (Å²) in [5, 5.41) is 18.6. The van der Waals surface area contributed by atoms with E-state index in [0.717, 1.165) is 6.20 Å². The van der Waals surface area contributed by atoms with Crippen LogP contribution in [0.4, 0.5) is 10.1 Å². The van der Waals surface area contributed by atoms with Crippen molar-refractivity contribution in [2.75, 3.05) is 0 Å². The molecule has 0 unspecified atom stereocenters. The Kier molecular flexibility index (Phi) is 1.67. The van der Waals surface area contributed by atoms with E-state index in [2.05, 4.69) is 4.98 Å². The first kappa shape index (κ1) is 7.39. The van der Waals surface area contributed by atoms with Gasteiger partial charge in [-0.1, -0.05) is 0 Å². The fourth-order valence-corrected chi connectivity index (χ4v) is 0.554. The number of halogens is 1. The minimum absolute atomic E-state index is 0.432. The molecule has 0 aliphatic carbocycles. The van der Waals surface area contributed by atoms with Gasteiger partial charge in [0.05, 0.1) is 17.2 Å². The molecule has 0 radical (unpaired) electrons. The number of aromatic hydroxyl groups is 1. The molecule has 0 saturated heterocycles. The minimum Gasteiger partial charge on any atom is -0.506 e. The van der Waals surface area contributed by atoms with Crippen molar-refractivity contribution in [1.29, 1.82) is 0 Å². The molecule has 1 aromatic rings. The fourth-order valence-electron chi connectivity index (χ4n) is 0.554. The highest BCUT2D eigenvalue weighted by molar-refractivity contribution is 5.34. The van der Waals surface area contributed by atoms with Crippen molar-refractivity contribution in [1.82, 2.24) is 4.98 Å². The molecule has 1 aromatic heterocycles. The average Bonchev–Trinajstić information content (AvgIpc) is 1.94. The molecule has 0 amide bonds. The number of rotatable bonds is 1. The van der Waals surface area contributed by atoms with Crippen molar-refractivity contribution in [3.63, 3.8) is 0 Å². The molecule has 1 N–H and O–H groups in total. The molecule has 1 heterocycles. The van der Waals surface area contributed by atoms with E-state index >= 15 is 0 Å². The molecule has 0 atom stereocenters. The highest BCUT2D eigenvalue weighted by Gasteiger charge is 2.15. The highest BCUT2D eigenvalue weighted by atomic mass is 19.1. The smallest absolute Gasteiger partial charge is 0.327 e. The summed E-state index contributed by atoms with van der Waals surface area (Å²) < 4.78 is 12.4. The van der Waals surface area contributed by atoms with Crippen molar-refractivity contribution in [3.05, 3.63) is 28.3 Å². The van der Waals surface area contributed by atoms with E-state index < -0.39 is 22.3 Å². The fraction of sp³-hybridized carbons (Fsp3) is 0. The van der Waals surface area contributed by atoms with Gasteiger partial charge in [0.25, 0.3) is 5.95 Å². The Morgan fingerprint density at radius 3 is 2.82 bits per heavy atom. The van der Waals surface area contributed by atoms with E-state index in [1.807, 2.05) is 0 Å². The molecule has 0 fully saturated rings. The monoisotopic (exact) mass is 158 g/mol. The zero-order valence-electron chi connectivity index (χ0n) is 5.19. The van der Waals surface area contributed by atoms with Gasteiger partial charge in [-0.2, -0.15) is 4.39 Å². The maximum absolute atomic E-state index is 12.4. The normalized spacial score (nSPS) is 9.55. The lowest BCUT2D eigenvalue weighted by atomic mass is 10.4. The summed E-state index contributed by atoms with van der Waals surface area (Å²) in [6.07, 6.45) is 0.794. The molecule has 1 rings (SSSR count). The van der Waals surface area contributed by atoms with Gasteiger partial charge in [0.1, 0.15) is 5.75 Å². The molecule has 11 heavy (non-hydrogen) atoms. The average molecular weight is 158 g/mol. The van der Waals surface area contributed by atoms with Crippen LogP contribution >= 0.6 is 0 Å². The lowest BCUT2D eigenvalue weighted by Crippen LogP contribution is -1.93. The minimum atomic E-state index is -1.20. The summed E-state index contributed by atoms with van der Waals surface area (Å²) in [6, 6.07) is 0.697. The number of nitro groups is 1. The van der Waals surface area contributed by atoms with Crippen LogP contribution in [0, 0.1) is 16.1 Å². The standard InChI is InChI=1S/C5H3FN2O3/c6-5-4(8(10)11)1-3(9)2-7-5/h1-2,9H. The lowest BCUT2D eigenvalue weighted by Gasteiger charge is -1.92. The topological polar surface area (TPSA) is 76.3 Å². The third-order valence-corrected chi connectivity index (χ3v) is 1.00.